The Kier molecular flexibility index (Phi) is 13.6. The van der Waals surface area contributed by atoms with Gasteiger partial charge in [0.2, 0.25) is 0 Å². The highest BCUT2D eigenvalue weighted by atomic mass is 31.2. The van der Waals surface area contributed by atoms with E-state index in [2.05, 4.69) is 6.92 Å². The van der Waals surface area contributed by atoms with Gasteiger partial charge < -0.3 is 19.4 Å². The molecule has 5 nitrogen and oxygen atoms in total. The predicted octanol–water partition coefficient (Wildman–Crippen LogP) is 1.57. The van der Waals surface area contributed by atoms with E-state index in [1.807, 2.05) is 13.8 Å². The third kappa shape index (κ3) is 20.0. The largest absolute Gasteiger partial charge is 0.465 e. The fraction of sp³-hybridized carbons (Fsp3) is 0.889. The lowest BCUT2D eigenvalue weighted by Gasteiger charge is -2.05. The molecule has 0 heterocycles. The van der Waals surface area contributed by atoms with Gasteiger partial charge in [-0.1, -0.05) is 33.6 Å². The molecule has 0 rings (SSSR count). The Hall–Kier alpha value is -0.220. The normalized spacial score (nSPS) is 9.87. The molecule has 3 N–H and O–H groups in total. The quantitative estimate of drug-likeness (QED) is 0.385. The molecule has 0 bridgehead atoms. The van der Waals surface area contributed by atoms with Gasteiger partial charge in [0.1, 0.15) is 0 Å². The fourth-order valence-corrected chi connectivity index (χ4v) is 0.691. The van der Waals surface area contributed by atoms with Crippen LogP contribution in [0.3, 0.4) is 0 Å². The molecule has 0 aliphatic rings. The standard InChI is InChI=1S/C9H18O2.H3O3P/c1-4-5-6-7-11-9(10)8(2)3;1-4(2)3/h8H,4-7H2,1-3H3;1-3H. The Morgan fingerprint density at radius 1 is 1.27 bits per heavy atom. The monoisotopic (exact) mass is 240 g/mol. The average molecular weight is 240 g/mol. The lowest BCUT2D eigenvalue weighted by atomic mass is 10.2. The minimum absolute atomic E-state index is 0.0108. The van der Waals surface area contributed by atoms with Gasteiger partial charge in [-0.05, 0) is 6.42 Å². The Morgan fingerprint density at radius 2 is 1.73 bits per heavy atom. The SMILES string of the molecule is CCCCCOC(=O)C(C)C.OP(O)O. The summed E-state index contributed by atoms with van der Waals surface area (Å²) in [5.41, 5.74) is 0. The Bertz CT molecular complexity index is 147. The second-order valence-electron chi connectivity index (χ2n) is 3.30. The van der Waals surface area contributed by atoms with Crippen molar-refractivity contribution in [2.75, 3.05) is 6.61 Å². The van der Waals surface area contributed by atoms with Crippen LogP contribution in [0.1, 0.15) is 40.0 Å². The topological polar surface area (TPSA) is 87.0 Å². The molecule has 15 heavy (non-hydrogen) atoms. The summed E-state index contributed by atoms with van der Waals surface area (Å²) < 4.78 is 4.97. The lowest BCUT2D eigenvalue weighted by Crippen LogP contribution is -2.12. The van der Waals surface area contributed by atoms with Crippen LogP contribution in [0.4, 0.5) is 0 Å². The average Bonchev–Trinajstić information content (AvgIpc) is 2.11. The van der Waals surface area contributed by atoms with Gasteiger partial charge in [-0.25, -0.2) is 0 Å². The van der Waals surface area contributed by atoms with Crippen molar-refractivity contribution in [3.05, 3.63) is 0 Å². The predicted molar refractivity (Wildman–Crippen MR) is 58.9 cm³/mol. The van der Waals surface area contributed by atoms with Gasteiger partial charge in [0.05, 0.1) is 12.5 Å². The zero-order valence-corrected chi connectivity index (χ0v) is 10.4. The van der Waals surface area contributed by atoms with Crippen molar-refractivity contribution in [3.63, 3.8) is 0 Å². The van der Waals surface area contributed by atoms with E-state index in [9.17, 15) is 4.79 Å². The zero-order valence-electron chi connectivity index (χ0n) is 9.51. The summed E-state index contributed by atoms with van der Waals surface area (Å²) in [5.74, 6) is -0.0715. The van der Waals surface area contributed by atoms with E-state index < -0.39 is 8.60 Å². The summed E-state index contributed by atoms with van der Waals surface area (Å²) in [6.07, 6.45) is 3.31. The molecule has 0 aromatic rings. The van der Waals surface area contributed by atoms with E-state index in [-0.39, 0.29) is 11.9 Å². The maximum atomic E-state index is 10.9. The second kappa shape index (κ2) is 11.9. The molecule has 0 unspecified atom stereocenters. The van der Waals surface area contributed by atoms with E-state index in [4.69, 9.17) is 19.4 Å². The molecule has 0 radical (unpaired) electrons. The second-order valence-corrected chi connectivity index (χ2v) is 3.83. The van der Waals surface area contributed by atoms with Crippen LogP contribution in [0.15, 0.2) is 0 Å². The molecule has 0 atom stereocenters. The first-order chi connectivity index (χ1) is 6.91. The molecular formula is C9H21O5P. The first kappa shape index (κ1) is 17.2. The van der Waals surface area contributed by atoms with E-state index in [1.165, 1.54) is 6.42 Å². The van der Waals surface area contributed by atoms with Crippen molar-refractivity contribution in [1.29, 1.82) is 0 Å². The van der Waals surface area contributed by atoms with Crippen molar-refractivity contribution in [3.8, 4) is 0 Å². The van der Waals surface area contributed by atoms with Crippen molar-refractivity contribution in [2.24, 2.45) is 5.92 Å². The summed E-state index contributed by atoms with van der Waals surface area (Å²) in [6.45, 7) is 6.42. The van der Waals surface area contributed by atoms with Gasteiger partial charge in [0.25, 0.3) is 0 Å². The minimum Gasteiger partial charge on any atom is -0.465 e. The number of rotatable bonds is 5. The number of hydrogen-bond acceptors (Lipinski definition) is 5. The number of unbranched alkanes of at least 4 members (excludes halogenated alkanes) is 2. The summed E-state index contributed by atoms with van der Waals surface area (Å²) in [4.78, 5) is 32.6. The summed E-state index contributed by atoms with van der Waals surface area (Å²) in [5, 5.41) is 0. The number of ether oxygens (including phenoxy) is 1. The smallest absolute Gasteiger partial charge is 0.324 e. The zero-order chi connectivity index (χ0) is 12.3. The molecule has 0 aliphatic heterocycles. The van der Waals surface area contributed by atoms with Crippen molar-refractivity contribution < 1.29 is 24.2 Å². The van der Waals surface area contributed by atoms with Crippen LogP contribution >= 0.6 is 8.60 Å². The number of carbonyl (C=O) groups is 1. The van der Waals surface area contributed by atoms with E-state index in [0.29, 0.717) is 6.61 Å². The molecule has 0 saturated carbocycles. The molecule has 0 amide bonds. The third-order valence-corrected chi connectivity index (χ3v) is 1.46. The maximum Gasteiger partial charge on any atom is 0.324 e. The van der Waals surface area contributed by atoms with Gasteiger partial charge >= 0.3 is 14.6 Å². The van der Waals surface area contributed by atoms with E-state index in [0.717, 1.165) is 12.8 Å². The fourth-order valence-electron chi connectivity index (χ4n) is 0.691. The van der Waals surface area contributed by atoms with Crippen LogP contribution in [-0.4, -0.2) is 27.3 Å². The molecule has 0 aromatic heterocycles. The Balaban J connectivity index is 0. The third-order valence-electron chi connectivity index (χ3n) is 1.46. The first-order valence-electron chi connectivity index (χ1n) is 4.95. The number of esters is 1. The Labute approximate surface area is 92.1 Å². The number of hydrogen-bond donors (Lipinski definition) is 3. The van der Waals surface area contributed by atoms with Gasteiger partial charge in [-0.3, -0.25) is 4.79 Å². The van der Waals surface area contributed by atoms with Crippen molar-refractivity contribution in [2.45, 2.75) is 40.0 Å². The van der Waals surface area contributed by atoms with E-state index in [1.54, 1.807) is 0 Å². The lowest BCUT2D eigenvalue weighted by molar-refractivity contribution is -0.147. The molecule has 0 spiro atoms. The van der Waals surface area contributed by atoms with Crippen LogP contribution in [0, 0.1) is 5.92 Å². The van der Waals surface area contributed by atoms with E-state index >= 15 is 0 Å². The highest BCUT2D eigenvalue weighted by Crippen LogP contribution is 2.11. The molecule has 92 valence electrons. The Morgan fingerprint density at radius 3 is 2.07 bits per heavy atom. The van der Waals surface area contributed by atoms with Gasteiger partial charge in [0.15, 0.2) is 0 Å². The summed E-state index contributed by atoms with van der Waals surface area (Å²) >= 11 is 0. The molecule has 0 saturated heterocycles. The first-order valence-corrected chi connectivity index (χ1v) is 6.15. The van der Waals surface area contributed by atoms with Crippen LogP contribution in [0.5, 0.6) is 0 Å². The molecule has 0 aliphatic carbocycles. The maximum absolute atomic E-state index is 10.9. The van der Waals surface area contributed by atoms with Crippen LogP contribution < -0.4 is 0 Å². The molecular weight excluding hydrogens is 219 g/mol. The molecule has 0 fully saturated rings. The van der Waals surface area contributed by atoms with Crippen LogP contribution in [0.2, 0.25) is 0 Å². The highest BCUT2D eigenvalue weighted by molar-refractivity contribution is 7.38. The van der Waals surface area contributed by atoms with Crippen LogP contribution in [-0.2, 0) is 9.53 Å². The van der Waals surface area contributed by atoms with Crippen molar-refractivity contribution in [1.82, 2.24) is 0 Å². The van der Waals surface area contributed by atoms with Crippen molar-refractivity contribution >= 4 is 14.6 Å². The van der Waals surface area contributed by atoms with Gasteiger partial charge in [-0.15, -0.1) is 0 Å². The highest BCUT2D eigenvalue weighted by Gasteiger charge is 2.06. The van der Waals surface area contributed by atoms with Gasteiger partial charge in [0, 0.05) is 0 Å². The summed E-state index contributed by atoms with van der Waals surface area (Å²) in [6, 6.07) is 0. The minimum atomic E-state index is -2.62. The number of carbonyl (C=O) groups excluding carboxylic acids is 1. The molecule has 0 aromatic carbocycles. The molecule has 6 heteroatoms. The summed E-state index contributed by atoms with van der Waals surface area (Å²) in [7, 11) is -2.62. The van der Waals surface area contributed by atoms with Crippen LogP contribution in [0.25, 0.3) is 0 Å². The van der Waals surface area contributed by atoms with Gasteiger partial charge in [-0.2, -0.15) is 0 Å².